The predicted molar refractivity (Wildman–Crippen MR) is 136 cm³/mol. The third-order valence-electron chi connectivity index (χ3n) is 6.07. The minimum atomic E-state index is -3.88. The molecule has 0 aliphatic rings. The molecular weight excluding hydrogens is 448 g/mol. The lowest BCUT2D eigenvalue weighted by Crippen LogP contribution is -2.29. The zero-order valence-corrected chi connectivity index (χ0v) is 20.2. The van der Waals surface area contributed by atoms with Crippen LogP contribution in [0.4, 0.5) is 5.69 Å². The number of aryl methyl sites for hydroxylation is 1. The van der Waals surface area contributed by atoms with Gasteiger partial charge in [-0.2, -0.15) is 0 Å². The maximum atomic E-state index is 13.2. The standard InChI is InChI=1S/C26H28N4O3S/c1-17-8-13-20(14-22(17)26(27)31)34(32,33)29-16-23(18-9-11-19(12-10-18)30(2)3)24-15-28-25-7-5-4-6-21(24)25/h4-15,23,28-29H,16H2,1-3H3,(H2,27,31). The third-order valence-corrected chi connectivity index (χ3v) is 7.49. The molecular formula is C26H28N4O3S. The third kappa shape index (κ3) is 4.69. The number of hydrogen-bond acceptors (Lipinski definition) is 4. The first-order valence-electron chi connectivity index (χ1n) is 10.9. The smallest absolute Gasteiger partial charge is 0.249 e. The summed E-state index contributed by atoms with van der Waals surface area (Å²) in [4.78, 5) is 17.0. The van der Waals surface area contributed by atoms with E-state index in [0.717, 1.165) is 27.7 Å². The Hall–Kier alpha value is -3.62. The molecule has 4 aromatic rings. The van der Waals surface area contributed by atoms with Gasteiger partial charge in [0.2, 0.25) is 15.9 Å². The molecule has 0 saturated heterocycles. The number of aromatic nitrogens is 1. The monoisotopic (exact) mass is 476 g/mol. The molecule has 8 heteroatoms. The number of carbonyl (C=O) groups is 1. The number of benzene rings is 3. The summed E-state index contributed by atoms with van der Waals surface area (Å²) in [7, 11) is 0.0705. The molecule has 1 aromatic heterocycles. The van der Waals surface area contributed by atoms with Gasteiger partial charge in [-0.05, 0) is 53.9 Å². The van der Waals surface area contributed by atoms with Gasteiger partial charge >= 0.3 is 0 Å². The SMILES string of the molecule is Cc1ccc(S(=O)(=O)NCC(c2ccc(N(C)C)cc2)c2c[nH]c3ccccc23)cc1C(N)=O. The molecule has 3 aromatic carbocycles. The average Bonchev–Trinajstić information content (AvgIpc) is 3.23. The van der Waals surface area contributed by atoms with E-state index in [-0.39, 0.29) is 22.9 Å². The second-order valence-corrected chi connectivity index (χ2v) is 10.3. The first-order valence-corrected chi connectivity index (χ1v) is 12.4. The Kier molecular flexibility index (Phi) is 6.45. The van der Waals surface area contributed by atoms with Crippen molar-refractivity contribution in [1.29, 1.82) is 0 Å². The number of aromatic amines is 1. The fourth-order valence-electron chi connectivity index (χ4n) is 4.10. The van der Waals surface area contributed by atoms with E-state index in [4.69, 9.17) is 5.73 Å². The number of para-hydroxylation sites is 1. The van der Waals surface area contributed by atoms with Gasteiger partial charge in [-0.3, -0.25) is 4.79 Å². The zero-order valence-electron chi connectivity index (χ0n) is 19.4. The van der Waals surface area contributed by atoms with Crippen molar-refractivity contribution in [3.05, 3.63) is 95.2 Å². The Balaban J connectivity index is 1.70. The number of carbonyl (C=O) groups excluding carboxylic acids is 1. The second kappa shape index (κ2) is 9.32. The average molecular weight is 477 g/mol. The molecule has 34 heavy (non-hydrogen) atoms. The van der Waals surface area contributed by atoms with Gasteiger partial charge in [-0.25, -0.2) is 13.1 Å². The molecule has 176 valence electrons. The number of rotatable bonds is 8. The van der Waals surface area contributed by atoms with Crippen LogP contribution in [0.2, 0.25) is 0 Å². The molecule has 0 saturated carbocycles. The van der Waals surface area contributed by atoms with Gasteiger partial charge in [-0.1, -0.05) is 36.4 Å². The van der Waals surface area contributed by atoms with Gasteiger partial charge < -0.3 is 15.6 Å². The highest BCUT2D eigenvalue weighted by Crippen LogP contribution is 2.32. The molecule has 0 aliphatic heterocycles. The number of nitrogens with two attached hydrogens (primary N) is 1. The summed E-state index contributed by atoms with van der Waals surface area (Å²) >= 11 is 0. The van der Waals surface area contributed by atoms with E-state index < -0.39 is 15.9 Å². The van der Waals surface area contributed by atoms with Crippen LogP contribution in [-0.4, -0.2) is 39.9 Å². The summed E-state index contributed by atoms with van der Waals surface area (Å²) in [5.41, 5.74) is 10.3. The van der Waals surface area contributed by atoms with E-state index in [1.54, 1.807) is 13.0 Å². The van der Waals surface area contributed by atoms with E-state index in [1.165, 1.54) is 12.1 Å². The van der Waals surface area contributed by atoms with Crippen LogP contribution in [0, 0.1) is 6.92 Å². The van der Waals surface area contributed by atoms with Crippen molar-refractivity contribution in [2.24, 2.45) is 5.73 Å². The summed E-state index contributed by atoms with van der Waals surface area (Å²) in [6, 6.07) is 20.4. The van der Waals surface area contributed by atoms with Crippen LogP contribution in [0.3, 0.4) is 0 Å². The predicted octanol–water partition coefficient (Wildman–Crippen LogP) is 3.75. The molecule has 0 bridgehead atoms. The molecule has 0 fully saturated rings. The second-order valence-electron chi connectivity index (χ2n) is 8.52. The normalized spacial score (nSPS) is 12.6. The number of primary amides is 1. The lowest BCUT2D eigenvalue weighted by atomic mass is 9.91. The Morgan fingerprint density at radius 1 is 1.06 bits per heavy atom. The summed E-state index contributed by atoms with van der Waals surface area (Å²) in [5, 5.41) is 1.04. The molecule has 7 nitrogen and oxygen atoms in total. The lowest BCUT2D eigenvalue weighted by molar-refractivity contribution is 0.0999. The number of fused-ring (bicyclic) bond motifs is 1. The van der Waals surface area contributed by atoms with Crippen molar-refractivity contribution in [3.8, 4) is 0 Å². The maximum Gasteiger partial charge on any atom is 0.249 e. The van der Waals surface area contributed by atoms with Gasteiger partial charge in [0.25, 0.3) is 0 Å². The molecule has 0 radical (unpaired) electrons. The highest BCUT2D eigenvalue weighted by atomic mass is 32.2. The van der Waals surface area contributed by atoms with Gasteiger partial charge in [0.15, 0.2) is 0 Å². The van der Waals surface area contributed by atoms with Crippen molar-refractivity contribution < 1.29 is 13.2 Å². The largest absolute Gasteiger partial charge is 0.378 e. The van der Waals surface area contributed by atoms with Crippen molar-refractivity contribution >= 4 is 32.5 Å². The van der Waals surface area contributed by atoms with Crippen molar-refractivity contribution in [1.82, 2.24) is 9.71 Å². The molecule has 0 aliphatic carbocycles. The number of nitrogens with zero attached hydrogens (tertiary/aromatic N) is 1. The van der Waals surface area contributed by atoms with E-state index >= 15 is 0 Å². The Bertz CT molecular complexity index is 1440. The molecule has 4 rings (SSSR count). The fourth-order valence-corrected chi connectivity index (χ4v) is 5.18. The van der Waals surface area contributed by atoms with E-state index in [9.17, 15) is 13.2 Å². The van der Waals surface area contributed by atoms with Crippen LogP contribution >= 0.6 is 0 Å². The summed E-state index contributed by atoms with van der Waals surface area (Å²) < 4.78 is 29.1. The van der Waals surface area contributed by atoms with Crippen molar-refractivity contribution in [2.45, 2.75) is 17.7 Å². The van der Waals surface area contributed by atoms with Crippen LogP contribution in [-0.2, 0) is 10.0 Å². The zero-order chi connectivity index (χ0) is 24.5. The number of nitrogens with one attached hydrogen (secondary N) is 2. The topological polar surface area (TPSA) is 108 Å². The van der Waals surface area contributed by atoms with E-state index in [1.807, 2.05) is 73.7 Å². The number of anilines is 1. The first kappa shape index (κ1) is 23.5. The summed E-state index contributed by atoms with van der Waals surface area (Å²) in [6.45, 7) is 1.86. The fraction of sp³-hybridized carbons (Fsp3) is 0.192. The van der Waals surface area contributed by atoms with Crippen molar-refractivity contribution in [3.63, 3.8) is 0 Å². The molecule has 1 amide bonds. The van der Waals surface area contributed by atoms with Crippen LogP contribution in [0.5, 0.6) is 0 Å². The minimum absolute atomic E-state index is 0.00697. The Morgan fingerprint density at radius 2 is 1.76 bits per heavy atom. The highest BCUT2D eigenvalue weighted by Gasteiger charge is 2.23. The molecule has 1 heterocycles. The van der Waals surface area contributed by atoms with E-state index in [2.05, 4.69) is 9.71 Å². The van der Waals surface area contributed by atoms with E-state index in [0.29, 0.717) is 5.56 Å². The quantitative estimate of drug-likeness (QED) is 0.360. The Labute approximate surface area is 199 Å². The minimum Gasteiger partial charge on any atom is -0.378 e. The number of H-pyrrole nitrogens is 1. The lowest BCUT2D eigenvalue weighted by Gasteiger charge is -2.20. The highest BCUT2D eigenvalue weighted by molar-refractivity contribution is 7.89. The number of sulfonamides is 1. The molecule has 1 unspecified atom stereocenters. The van der Waals surface area contributed by atoms with Gasteiger partial charge in [0.1, 0.15) is 0 Å². The van der Waals surface area contributed by atoms with Crippen molar-refractivity contribution in [2.75, 3.05) is 25.5 Å². The van der Waals surface area contributed by atoms with Crippen LogP contribution in [0.25, 0.3) is 10.9 Å². The van der Waals surface area contributed by atoms with Gasteiger partial charge in [-0.15, -0.1) is 0 Å². The summed E-state index contributed by atoms with van der Waals surface area (Å²) in [6.07, 6.45) is 1.93. The number of hydrogen-bond donors (Lipinski definition) is 3. The first-order chi connectivity index (χ1) is 16.2. The molecule has 0 spiro atoms. The molecule has 4 N–H and O–H groups in total. The van der Waals surface area contributed by atoms with Gasteiger partial charge in [0, 0.05) is 54.9 Å². The van der Waals surface area contributed by atoms with Crippen LogP contribution in [0.1, 0.15) is 33.0 Å². The number of amides is 1. The Morgan fingerprint density at radius 3 is 2.44 bits per heavy atom. The van der Waals surface area contributed by atoms with Gasteiger partial charge in [0.05, 0.1) is 4.90 Å². The molecule has 1 atom stereocenters. The van der Waals surface area contributed by atoms with Crippen LogP contribution in [0.15, 0.2) is 77.8 Å². The maximum absolute atomic E-state index is 13.2. The van der Waals surface area contributed by atoms with Crippen LogP contribution < -0.4 is 15.4 Å². The summed E-state index contributed by atoms with van der Waals surface area (Å²) in [5.74, 6) is -0.893.